The molecule has 4 aliphatic heterocycles. The van der Waals surface area contributed by atoms with Crippen LogP contribution >= 0.6 is 24.8 Å². The molecule has 1 aromatic carbocycles. The van der Waals surface area contributed by atoms with Gasteiger partial charge in [-0.2, -0.15) is 8.42 Å². The second-order valence-electron chi connectivity index (χ2n) is 9.19. The number of hydrogen-bond acceptors (Lipinski definition) is 6. The summed E-state index contributed by atoms with van der Waals surface area (Å²) in [6, 6.07) is 10.3. The lowest BCUT2D eigenvalue weighted by molar-refractivity contribution is -0.117. The first-order valence-corrected chi connectivity index (χ1v) is 13.4. The molecule has 11 heteroatoms. The van der Waals surface area contributed by atoms with Crippen LogP contribution in [-0.4, -0.2) is 67.4 Å². The average molecular weight is 568 g/mol. The fourth-order valence-electron chi connectivity index (χ4n) is 5.11. The first-order chi connectivity index (χ1) is 16.9. The molecule has 0 spiro atoms. The SMILES string of the molecule is Cl.Cl.O=C(NCCC1=CCN(CCCc2ccccc2)C1)C1=CC2CNC3=CC=CC(=C1S(=O)(=O)O)N32. The Morgan fingerprint density at radius 3 is 2.70 bits per heavy atom. The zero-order valence-electron chi connectivity index (χ0n) is 20.3. The Morgan fingerprint density at radius 1 is 1.16 bits per heavy atom. The molecule has 0 aliphatic carbocycles. The number of hydrogen-bond donors (Lipinski definition) is 3. The van der Waals surface area contributed by atoms with E-state index in [0.29, 0.717) is 25.2 Å². The summed E-state index contributed by atoms with van der Waals surface area (Å²) in [6.45, 7) is 3.78. The molecule has 200 valence electrons. The van der Waals surface area contributed by atoms with E-state index >= 15 is 0 Å². The van der Waals surface area contributed by atoms with Crippen LogP contribution < -0.4 is 10.6 Å². The lowest BCUT2D eigenvalue weighted by Crippen LogP contribution is -2.38. The van der Waals surface area contributed by atoms with Crippen molar-refractivity contribution in [2.24, 2.45) is 0 Å². The highest BCUT2D eigenvalue weighted by molar-refractivity contribution is 7.90. The Labute approximate surface area is 230 Å². The quantitative estimate of drug-likeness (QED) is 0.312. The summed E-state index contributed by atoms with van der Waals surface area (Å²) in [5.41, 5.74) is 2.94. The molecule has 0 radical (unpaired) electrons. The minimum Gasteiger partial charge on any atom is -0.369 e. The zero-order valence-corrected chi connectivity index (χ0v) is 22.7. The Morgan fingerprint density at radius 2 is 1.95 bits per heavy atom. The van der Waals surface area contributed by atoms with E-state index in [9.17, 15) is 17.8 Å². The van der Waals surface area contributed by atoms with Crippen LogP contribution in [0.4, 0.5) is 0 Å². The van der Waals surface area contributed by atoms with Crippen LogP contribution in [0.1, 0.15) is 18.4 Å². The maximum absolute atomic E-state index is 13.0. The van der Waals surface area contributed by atoms with E-state index in [1.54, 1.807) is 23.1 Å². The molecule has 0 bridgehead atoms. The van der Waals surface area contributed by atoms with Crippen molar-refractivity contribution in [3.05, 3.63) is 93.8 Å². The Balaban J connectivity index is 0.00000190. The monoisotopic (exact) mass is 566 g/mol. The molecular weight excluding hydrogens is 535 g/mol. The van der Waals surface area contributed by atoms with Gasteiger partial charge in [-0.1, -0.05) is 48.1 Å². The van der Waals surface area contributed by atoms with Crippen molar-refractivity contribution in [3.63, 3.8) is 0 Å². The van der Waals surface area contributed by atoms with Gasteiger partial charge in [-0.25, -0.2) is 0 Å². The van der Waals surface area contributed by atoms with Gasteiger partial charge in [-0.3, -0.25) is 14.2 Å². The van der Waals surface area contributed by atoms with Crippen molar-refractivity contribution in [1.82, 2.24) is 20.4 Å². The van der Waals surface area contributed by atoms with E-state index in [2.05, 4.69) is 45.9 Å². The van der Waals surface area contributed by atoms with Crippen LogP contribution in [0, 0.1) is 0 Å². The minimum absolute atomic E-state index is 0. The van der Waals surface area contributed by atoms with Crippen LogP contribution in [0.15, 0.2) is 88.3 Å². The number of carbonyl (C=O) groups excluding carboxylic acids is 1. The molecule has 1 atom stereocenters. The Hall–Kier alpha value is -2.56. The van der Waals surface area contributed by atoms with E-state index in [1.807, 2.05) is 12.1 Å². The second kappa shape index (κ2) is 12.3. The van der Waals surface area contributed by atoms with E-state index in [-0.39, 0.29) is 41.3 Å². The lowest BCUT2D eigenvalue weighted by atomic mass is 10.0. The van der Waals surface area contributed by atoms with Crippen molar-refractivity contribution in [2.45, 2.75) is 25.3 Å². The molecule has 1 amide bonds. The molecule has 1 aromatic rings. The average Bonchev–Trinajstić information content (AvgIpc) is 3.47. The van der Waals surface area contributed by atoms with Crippen LogP contribution in [0.3, 0.4) is 0 Å². The Bertz CT molecular complexity index is 1270. The summed E-state index contributed by atoms with van der Waals surface area (Å²) < 4.78 is 34.4. The van der Waals surface area contributed by atoms with Gasteiger partial charge in [0.05, 0.1) is 17.3 Å². The molecule has 37 heavy (non-hydrogen) atoms. The molecule has 3 N–H and O–H groups in total. The summed E-state index contributed by atoms with van der Waals surface area (Å²) in [7, 11) is -4.60. The molecule has 5 rings (SSSR count). The number of nitrogens with zero attached hydrogens (tertiary/aromatic N) is 2. The smallest absolute Gasteiger partial charge is 0.297 e. The second-order valence-corrected chi connectivity index (χ2v) is 10.5. The third-order valence-corrected chi connectivity index (χ3v) is 7.71. The number of benzene rings is 1. The molecule has 4 heterocycles. The van der Waals surface area contributed by atoms with E-state index in [1.165, 1.54) is 11.1 Å². The number of nitrogens with one attached hydrogen (secondary N) is 2. The van der Waals surface area contributed by atoms with Gasteiger partial charge in [0.2, 0.25) is 0 Å². The van der Waals surface area contributed by atoms with E-state index < -0.39 is 16.0 Å². The van der Waals surface area contributed by atoms with Crippen molar-refractivity contribution in [1.29, 1.82) is 0 Å². The predicted octanol–water partition coefficient (Wildman–Crippen LogP) is 2.94. The van der Waals surface area contributed by atoms with Crippen molar-refractivity contribution >= 4 is 40.8 Å². The van der Waals surface area contributed by atoms with Crippen LogP contribution in [0.25, 0.3) is 0 Å². The summed E-state index contributed by atoms with van der Waals surface area (Å²) in [6.07, 6.45) is 11.9. The normalized spacial score (nSPS) is 20.2. The fraction of sp³-hybridized carbons (Fsp3) is 0.346. The zero-order chi connectivity index (χ0) is 24.4. The largest absolute Gasteiger partial charge is 0.369 e. The van der Waals surface area contributed by atoms with Gasteiger partial charge in [0.1, 0.15) is 10.7 Å². The molecule has 1 saturated heterocycles. The molecule has 0 saturated carbocycles. The van der Waals surface area contributed by atoms with Crippen molar-refractivity contribution in [3.8, 4) is 0 Å². The van der Waals surface area contributed by atoms with Crippen LogP contribution in [0.2, 0.25) is 0 Å². The predicted molar refractivity (Wildman–Crippen MR) is 149 cm³/mol. The minimum atomic E-state index is -4.60. The number of aryl methyl sites for hydroxylation is 1. The third-order valence-electron chi connectivity index (χ3n) is 6.77. The standard InChI is InChI=1S/C26H30N4O4S.2ClH/c31-26(22-16-21-17-28-24-10-4-9-23(30(21)24)25(22)35(32,33)34)27-13-11-20-12-15-29(18-20)14-5-8-19-6-2-1-3-7-19;;/h1-4,6-7,9-10,12,16,21,28H,5,8,11,13-15,17-18H2,(H,27,31)(H,32,33,34);2*1H. The van der Waals surface area contributed by atoms with Crippen LogP contribution in [0.5, 0.6) is 0 Å². The summed E-state index contributed by atoms with van der Waals surface area (Å²) in [5, 5.41) is 6.07. The highest BCUT2D eigenvalue weighted by Gasteiger charge is 2.41. The van der Waals surface area contributed by atoms with E-state index in [0.717, 1.165) is 38.3 Å². The van der Waals surface area contributed by atoms with Gasteiger partial charge >= 0.3 is 0 Å². The molecule has 0 aromatic heterocycles. The molecule has 1 fully saturated rings. The maximum atomic E-state index is 13.0. The molecular formula is C26H32Cl2N4O4S. The number of amides is 1. The summed E-state index contributed by atoms with van der Waals surface area (Å²) in [4.78, 5) is 16.9. The van der Waals surface area contributed by atoms with E-state index in [4.69, 9.17) is 0 Å². The number of allylic oxidation sites excluding steroid dienone is 3. The fourth-order valence-corrected chi connectivity index (χ4v) is 5.98. The van der Waals surface area contributed by atoms with Crippen molar-refractivity contribution in [2.75, 3.05) is 32.7 Å². The molecule has 4 aliphatic rings. The van der Waals surface area contributed by atoms with Gasteiger partial charge in [-0.15, -0.1) is 24.8 Å². The first kappa shape index (κ1) is 29.0. The van der Waals surface area contributed by atoms with Gasteiger partial charge < -0.3 is 15.5 Å². The first-order valence-electron chi connectivity index (χ1n) is 12.0. The third kappa shape index (κ3) is 6.48. The number of halogens is 2. The van der Waals surface area contributed by atoms with Crippen molar-refractivity contribution < 1.29 is 17.8 Å². The van der Waals surface area contributed by atoms with Gasteiger partial charge in [0.15, 0.2) is 0 Å². The maximum Gasteiger partial charge on any atom is 0.297 e. The summed E-state index contributed by atoms with van der Waals surface area (Å²) >= 11 is 0. The summed E-state index contributed by atoms with van der Waals surface area (Å²) in [5.74, 6) is 0.269. The van der Waals surface area contributed by atoms with Gasteiger partial charge in [0, 0.05) is 26.2 Å². The number of carbonyl (C=O) groups is 1. The molecule has 8 nitrogen and oxygen atoms in total. The topological polar surface area (TPSA) is 102 Å². The molecule has 1 unspecified atom stereocenters. The van der Waals surface area contributed by atoms with Gasteiger partial charge in [0.25, 0.3) is 16.0 Å². The highest BCUT2D eigenvalue weighted by atomic mass is 35.5. The van der Waals surface area contributed by atoms with Gasteiger partial charge in [-0.05, 0) is 49.6 Å². The number of rotatable bonds is 9. The Kier molecular flexibility index (Phi) is 9.66. The highest BCUT2D eigenvalue weighted by Crippen LogP contribution is 2.37. The van der Waals surface area contributed by atoms with Crippen LogP contribution in [-0.2, 0) is 21.3 Å². The lowest BCUT2D eigenvalue weighted by Gasteiger charge is -2.33.